The molecule has 0 spiro atoms. The van der Waals surface area contributed by atoms with E-state index in [0.717, 1.165) is 0 Å². The maximum atomic E-state index is 11.7. The van der Waals surface area contributed by atoms with Crippen LogP contribution in [0.15, 0.2) is 63.5 Å². The molecule has 2 aromatic carbocycles. The fourth-order valence-electron chi connectivity index (χ4n) is 3.81. The van der Waals surface area contributed by atoms with Crippen LogP contribution in [0.4, 0.5) is 22.7 Å². The Bertz CT molecular complexity index is 1850. The quantitative estimate of drug-likeness (QED) is 0.0675. The van der Waals surface area contributed by atoms with Crippen LogP contribution in [0.25, 0.3) is 0 Å². The maximum absolute atomic E-state index is 11.7. The van der Waals surface area contributed by atoms with E-state index in [4.69, 9.17) is 34.8 Å². The molecular weight excluding hydrogens is 815 g/mol. The van der Waals surface area contributed by atoms with E-state index in [2.05, 4.69) is 61.9 Å². The molecule has 2 heterocycles. The Kier molecular flexibility index (Phi) is 13.7. The van der Waals surface area contributed by atoms with Crippen molar-refractivity contribution in [3.8, 4) is 0 Å². The van der Waals surface area contributed by atoms with Gasteiger partial charge in [0.05, 0.1) is 44.4 Å². The standard InChI is InChI=1S/C14H10BrCl2N3O4.C14H11BrClN3O4/c1-24-14(21)12-9(15)11(10(16)13(17)19-12)18-6-7-4-2-3-5-8(7)20(22)23;1-23-14(20)13-12(15)9(6-11(16)18-13)17-7-8-4-2-3-5-10(8)19(21)22/h2-5H,6H2,1H3,(H,18,19);2-6H,7H2,1H3,(H,17,18). The summed E-state index contributed by atoms with van der Waals surface area (Å²) < 4.78 is 9.88. The lowest BCUT2D eigenvalue weighted by molar-refractivity contribution is -0.385. The number of para-hydroxylation sites is 2. The molecule has 0 aliphatic heterocycles. The van der Waals surface area contributed by atoms with Gasteiger partial charge in [0.15, 0.2) is 16.5 Å². The van der Waals surface area contributed by atoms with Crippen molar-refractivity contribution >= 4 is 101 Å². The van der Waals surface area contributed by atoms with E-state index in [1.165, 1.54) is 32.4 Å². The minimum absolute atomic E-state index is 0.00414. The van der Waals surface area contributed by atoms with Crippen LogP contribution in [0.2, 0.25) is 15.3 Å². The normalized spacial score (nSPS) is 10.3. The highest BCUT2D eigenvalue weighted by molar-refractivity contribution is 9.11. The summed E-state index contributed by atoms with van der Waals surface area (Å²) in [5.41, 5.74) is 1.63. The minimum atomic E-state index is -0.700. The molecule has 0 saturated heterocycles. The van der Waals surface area contributed by atoms with Gasteiger partial charge in [-0.2, -0.15) is 0 Å². The third kappa shape index (κ3) is 9.48. The number of methoxy groups -OCH3 is 2. The molecule has 2 aromatic heterocycles. The number of nitrogens with zero attached hydrogens (tertiary/aromatic N) is 4. The molecule has 0 atom stereocenters. The van der Waals surface area contributed by atoms with Crippen LogP contribution in [0, 0.1) is 20.2 Å². The lowest BCUT2D eigenvalue weighted by Crippen LogP contribution is -2.10. The Labute approximate surface area is 298 Å². The second-order valence-electron chi connectivity index (χ2n) is 8.87. The topological polar surface area (TPSA) is 189 Å². The molecule has 47 heavy (non-hydrogen) atoms. The highest BCUT2D eigenvalue weighted by atomic mass is 79.9. The predicted molar refractivity (Wildman–Crippen MR) is 182 cm³/mol. The van der Waals surface area contributed by atoms with Gasteiger partial charge >= 0.3 is 11.9 Å². The van der Waals surface area contributed by atoms with Crippen molar-refractivity contribution in [1.29, 1.82) is 0 Å². The number of carbonyl (C=O) groups is 2. The second kappa shape index (κ2) is 17.2. The van der Waals surface area contributed by atoms with E-state index in [-0.39, 0.29) is 61.3 Å². The van der Waals surface area contributed by atoms with Crippen molar-refractivity contribution in [2.75, 3.05) is 24.9 Å². The third-order valence-electron chi connectivity index (χ3n) is 6.02. The number of aromatic nitrogens is 2. The number of rotatable bonds is 10. The summed E-state index contributed by atoms with van der Waals surface area (Å²) in [6.07, 6.45) is 0. The van der Waals surface area contributed by atoms with E-state index < -0.39 is 21.8 Å². The fourth-order valence-corrected chi connectivity index (χ4v) is 5.60. The first-order chi connectivity index (χ1) is 22.3. The van der Waals surface area contributed by atoms with Gasteiger partial charge in [0.1, 0.15) is 10.2 Å². The van der Waals surface area contributed by atoms with Crippen LogP contribution in [0.3, 0.4) is 0 Å². The van der Waals surface area contributed by atoms with E-state index >= 15 is 0 Å². The van der Waals surface area contributed by atoms with Gasteiger partial charge in [-0.1, -0.05) is 71.2 Å². The van der Waals surface area contributed by atoms with Crippen molar-refractivity contribution in [3.63, 3.8) is 0 Å². The number of halogens is 5. The molecule has 0 amide bonds. The van der Waals surface area contributed by atoms with Crippen LogP contribution in [-0.4, -0.2) is 46.0 Å². The summed E-state index contributed by atoms with van der Waals surface area (Å²) in [6, 6.07) is 14.1. The van der Waals surface area contributed by atoms with Gasteiger partial charge in [0.2, 0.25) is 0 Å². The molecule has 4 aromatic rings. The van der Waals surface area contributed by atoms with Crippen LogP contribution in [-0.2, 0) is 22.6 Å². The van der Waals surface area contributed by atoms with Gasteiger partial charge in [-0.15, -0.1) is 0 Å². The highest BCUT2D eigenvalue weighted by Crippen LogP contribution is 2.38. The molecule has 0 bridgehead atoms. The SMILES string of the molecule is COC(=O)c1nc(Cl)c(Cl)c(NCc2ccccc2[N+](=O)[O-])c1Br.COC(=O)c1nc(Cl)cc(NCc2ccccc2[N+](=O)[O-])c1Br. The summed E-state index contributed by atoms with van der Waals surface area (Å²) in [7, 11) is 2.44. The van der Waals surface area contributed by atoms with Crippen molar-refractivity contribution in [3.05, 3.63) is 122 Å². The summed E-state index contributed by atoms with van der Waals surface area (Å²) in [4.78, 5) is 52.3. The summed E-state index contributed by atoms with van der Waals surface area (Å²) in [5.74, 6) is -1.35. The average Bonchev–Trinajstić information content (AvgIpc) is 3.06. The molecule has 4 rings (SSSR count). The first kappa shape index (κ1) is 37.4. The molecule has 19 heteroatoms. The van der Waals surface area contributed by atoms with Crippen molar-refractivity contribution in [1.82, 2.24) is 9.97 Å². The summed E-state index contributed by atoms with van der Waals surface area (Å²) in [5, 5.41) is 28.1. The molecule has 0 unspecified atom stereocenters. The smallest absolute Gasteiger partial charge is 0.357 e. The Morgan fingerprint density at radius 3 is 1.74 bits per heavy atom. The number of hydrogen-bond acceptors (Lipinski definition) is 12. The number of ether oxygens (including phenoxy) is 2. The van der Waals surface area contributed by atoms with Crippen molar-refractivity contribution in [2.24, 2.45) is 0 Å². The number of nitro benzene ring substituents is 2. The Balaban J connectivity index is 0.000000256. The van der Waals surface area contributed by atoms with Gasteiger partial charge in [0, 0.05) is 36.3 Å². The number of benzene rings is 2. The lowest BCUT2D eigenvalue weighted by atomic mass is 10.2. The number of esters is 2. The minimum Gasteiger partial charge on any atom is -0.464 e. The summed E-state index contributed by atoms with van der Waals surface area (Å²) >= 11 is 24.4. The molecule has 14 nitrogen and oxygen atoms in total. The monoisotopic (exact) mass is 832 g/mol. The second-order valence-corrected chi connectivity index (χ2v) is 11.6. The third-order valence-corrected chi connectivity index (χ3v) is 8.53. The Hall–Kier alpha value is -4.09. The molecule has 0 aliphatic carbocycles. The van der Waals surface area contributed by atoms with E-state index in [0.29, 0.717) is 21.3 Å². The number of carbonyl (C=O) groups excluding carboxylic acids is 2. The zero-order valence-corrected chi connectivity index (χ0v) is 29.5. The molecule has 0 radical (unpaired) electrons. The number of pyridine rings is 2. The van der Waals surface area contributed by atoms with Gasteiger partial charge in [-0.3, -0.25) is 20.2 Å². The first-order valence-electron chi connectivity index (χ1n) is 12.8. The van der Waals surface area contributed by atoms with E-state index in [1.54, 1.807) is 36.4 Å². The van der Waals surface area contributed by atoms with E-state index in [1.807, 2.05) is 0 Å². The summed E-state index contributed by atoms with van der Waals surface area (Å²) in [6.45, 7) is 0.271. The lowest BCUT2D eigenvalue weighted by Gasteiger charge is -2.14. The van der Waals surface area contributed by atoms with Gasteiger partial charge in [-0.25, -0.2) is 19.6 Å². The van der Waals surface area contributed by atoms with Crippen LogP contribution < -0.4 is 10.6 Å². The Morgan fingerprint density at radius 1 is 0.787 bits per heavy atom. The van der Waals surface area contributed by atoms with Crippen LogP contribution in [0.1, 0.15) is 32.1 Å². The zero-order chi connectivity index (χ0) is 34.8. The predicted octanol–water partition coefficient (Wildman–Crippen LogP) is 8.26. The molecule has 0 saturated carbocycles. The first-order valence-corrected chi connectivity index (χ1v) is 15.5. The maximum Gasteiger partial charge on any atom is 0.357 e. The Morgan fingerprint density at radius 2 is 1.26 bits per heavy atom. The molecule has 2 N–H and O–H groups in total. The van der Waals surface area contributed by atoms with Crippen LogP contribution in [0.5, 0.6) is 0 Å². The van der Waals surface area contributed by atoms with Crippen LogP contribution >= 0.6 is 66.7 Å². The molecule has 246 valence electrons. The average molecular weight is 836 g/mol. The number of nitrogens with one attached hydrogen (secondary N) is 2. The van der Waals surface area contributed by atoms with Gasteiger partial charge < -0.3 is 20.1 Å². The zero-order valence-electron chi connectivity index (χ0n) is 24.1. The molecular formula is C28H21Br2Cl3N6O8. The highest BCUT2D eigenvalue weighted by Gasteiger charge is 2.23. The number of hydrogen-bond donors (Lipinski definition) is 2. The van der Waals surface area contributed by atoms with Crippen molar-refractivity contribution in [2.45, 2.75) is 13.1 Å². The largest absolute Gasteiger partial charge is 0.464 e. The molecule has 0 fully saturated rings. The van der Waals surface area contributed by atoms with E-state index in [9.17, 15) is 29.8 Å². The van der Waals surface area contributed by atoms with Crippen molar-refractivity contribution < 1.29 is 28.9 Å². The number of nitro groups is 2. The molecule has 0 aliphatic rings. The van der Waals surface area contributed by atoms with Gasteiger partial charge in [0.25, 0.3) is 11.4 Å². The number of anilines is 2. The van der Waals surface area contributed by atoms with Gasteiger partial charge in [-0.05, 0) is 37.9 Å². The fraction of sp³-hybridized carbons (Fsp3) is 0.143.